The molecule has 6 heteroatoms. The van der Waals surface area contributed by atoms with Crippen LogP contribution in [0.5, 0.6) is 0 Å². The molecular weight excluding hydrogens is 256 g/mol. The van der Waals surface area contributed by atoms with Gasteiger partial charge in [-0.2, -0.15) is 4.98 Å². The molecule has 0 bridgehead atoms. The molecule has 3 rings (SSSR count). The Kier molecular flexibility index (Phi) is 3.30. The first kappa shape index (κ1) is 12.6. The lowest BCUT2D eigenvalue weighted by Crippen LogP contribution is -2.07. The fourth-order valence-corrected chi connectivity index (χ4v) is 2.38. The van der Waals surface area contributed by atoms with E-state index in [1.165, 1.54) is 11.9 Å². The van der Waals surface area contributed by atoms with Gasteiger partial charge >= 0.3 is 0 Å². The van der Waals surface area contributed by atoms with Crippen molar-refractivity contribution in [1.29, 1.82) is 0 Å². The molecule has 102 valence electrons. The van der Waals surface area contributed by atoms with Gasteiger partial charge in [0.15, 0.2) is 5.82 Å². The maximum atomic E-state index is 8.73. The van der Waals surface area contributed by atoms with Crippen LogP contribution in [0.2, 0.25) is 0 Å². The number of aryl methyl sites for hydroxylation is 2. The minimum Gasteiger partial charge on any atom is -0.334 e. The summed E-state index contributed by atoms with van der Waals surface area (Å²) in [5.41, 5.74) is 5.82. The molecule has 0 saturated carbocycles. The van der Waals surface area contributed by atoms with E-state index in [9.17, 15) is 0 Å². The summed E-state index contributed by atoms with van der Waals surface area (Å²) in [7, 11) is 0. The van der Waals surface area contributed by atoms with Gasteiger partial charge in [-0.3, -0.25) is 10.7 Å². The average molecular weight is 270 g/mol. The smallest absolute Gasteiger partial charge is 0.256 e. The van der Waals surface area contributed by atoms with Crippen molar-refractivity contribution >= 4 is 17.6 Å². The topological polar surface area (TPSA) is 83.5 Å². The van der Waals surface area contributed by atoms with Crippen LogP contribution in [0.3, 0.4) is 0 Å². The number of allylic oxidation sites excluding steroid dienone is 1. The number of aliphatic imine (C=N–C) groups is 1. The summed E-state index contributed by atoms with van der Waals surface area (Å²) in [6.07, 6.45) is 2.91. The lowest BCUT2D eigenvalue weighted by molar-refractivity contribution is 0.240. The van der Waals surface area contributed by atoms with Crippen LogP contribution in [0.25, 0.3) is 11.3 Å². The van der Waals surface area contributed by atoms with E-state index < -0.39 is 0 Å². The van der Waals surface area contributed by atoms with Crippen molar-refractivity contribution in [3.63, 3.8) is 0 Å². The Morgan fingerprint density at radius 3 is 2.95 bits per heavy atom. The van der Waals surface area contributed by atoms with Crippen molar-refractivity contribution in [1.82, 2.24) is 15.6 Å². The molecule has 6 nitrogen and oxygen atoms in total. The van der Waals surface area contributed by atoms with Crippen LogP contribution in [0, 0.1) is 6.92 Å². The molecule has 0 saturated heterocycles. The molecule has 1 aliphatic carbocycles. The van der Waals surface area contributed by atoms with E-state index >= 15 is 0 Å². The lowest BCUT2D eigenvalue weighted by Gasteiger charge is -2.18. The summed E-state index contributed by atoms with van der Waals surface area (Å²) < 4.78 is 5.25. The first-order chi connectivity index (χ1) is 9.79. The molecule has 0 radical (unpaired) electrons. The SMILES string of the molecule is Cc1noc(C2=C(N=CNO)c3ccccc3CC2)n1. The zero-order valence-electron chi connectivity index (χ0n) is 11.0. The predicted octanol–water partition coefficient (Wildman–Crippen LogP) is 2.20. The van der Waals surface area contributed by atoms with Crippen LogP contribution in [-0.2, 0) is 6.42 Å². The quantitative estimate of drug-likeness (QED) is 0.507. The Morgan fingerprint density at radius 1 is 1.35 bits per heavy atom. The fraction of sp³-hybridized carbons (Fsp3) is 0.214. The molecule has 0 aliphatic heterocycles. The van der Waals surface area contributed by atoms with Crippen molar-refractivity contribution in [3.8, 4) is 0 Å². The van der Waals surface area contributed by atoms with E-state index in [1.54, 1.807) is 6.92 Å². The monoisotopic (exact) mass is 270 g/mol. The summed E-state index contributed by atoms with van der Waals surface area (Å²) in [4.78, 5) is 8.55. The molecule has 2 aromatic rings. The lowest BCUT2D eigenvalue weighted by atomic mass is 9.89. The molecule has 2 N–H and O–H groups in total. The number of rotatable bonds is 3. The molecule has 0 fully saturated rings. The summed E-state index contributed by atoms with van der Waals surface area (Å²) in [6, 6.07) is 8.05. The number of hydrogen-bond donors (Lipinski definition) is 2. The highest BCUT2D eigenvalue weighted by Crippen LogP contribution is 2.36. The van der Waals surface area contributed by atoms with Gasteiger partial charge in [0.25, 0.3) is 5.89 Å². The molecule has 1 heterocycles. The largest absolute Gasteiger partial charge is 0.334 e. The van der Waals surface area contributed by atoms with Crippen LogP contribution in [0.15, 0.2) is 33.8 Å². The summed E-state index contributed by atoms with van der Waals surface area (Å²) in [5, 5.41) is 12.6. The Labute approximate surface area is 115 Å². The maximum absolute atomic E-state index is 8.73. The first-order valence-electron chi connectivity index (χ1n) is 6.34. The second kappa shape index (κ2) is 5.26. The second-order valence-corrected chi connectivity index (χ2v) is 4.52. The van der Waals surface area contributed by atoms with E-state index in [0.29, 0.717) is 11.7 Å². The Hall–Kier alpha value is -2.47. The molecular formula is C14H14N4O2. The van der Waals surface area contributed by atoms with Gasteiger partial charge < -0.3 is 4.52 Å². The molecule has 20 heavy (non-hydrogen) atoms. The molecule has 0 amide bonds. The third-order valence-electron chi connectivity index (χ3n) is 3.24. The first-order valence-corrected chi connectivity index (χ1v) is 6.34. The van der Waals surface area contributed by atoms with Gasteiger partial charge in [0.2, 0.25) is 0 Å². The molecule has 1 aromatic heterocycles. The normalized spacial score (nSPS) is 14.7. The van der Waals surface area contributed by atoms with Crippen molar-refractivity contribution in [2.24, 2.45) is 4.99 Å². The number of fused-ring (bicyclic) bond motifs is 1. The Bertz CT molecular complexity index is 688. The van der Waals surface area contributed by atoms with Crippen LogP contribution in [0.1, 0.15) is 29.3 Å². The van der Waals surface area contributed by atoms with Gasteiger partial charge in [0, 0.05) is 11.1 Å². The van der Waals surface area contributed by atoms with E-state index in [2.05, 4.69) is 21.2 Å². The standard InChI is InChI=1S/C14H14N4O2/c1-9-17-14(20-18-9)12-7-6-10-4-2-3-5-11(10)13(12)15-8-16-19/h2-5,8,19H,6-7H2,1H3,(H,15,16). The summed E-state index contributed by atoms with van der Waals surface area (Å²) in [6.45, 7) is 1.78. The van der Waals surface area contributed by atoms with Gasteiger partial charge in [0.1, 0.15) is 6.34 Å². The highest BCUT2D eigenvalue weighted by atomic mass is 16.5. The minimum atomic E-state index is 0.488. The fourth-order valence-electron chi connectivity index (χ4n) is 2.38. The Balaban J connectivity index is 2.16. The predicted molar refractivity (Wildman–Crippen MR) is 74.0 cm³/mol. The summed E-state index contributed by atoms with van der Waals surface area (Å²) in [5.74, 6) is 1.08. The van der Waals surface area contributed by atoms with Crippen molar-refractivity contribution in [2.45, 2.75) is 19.8 Å². The second-order valence-electron chi connectivity index (χ2n) is 4.52. The van der Waals surface area contributed by atoms with E-state index in [0.717, 1.165) is 29.7 Å². The molecule has 1 aliphatic rings. The van der Waals surface area contributed by atoms with Gasteiger partial charge in [-0.15, -0.1) is 0 Å². The minimum absolute atomic E-state index is 0.488. The van der Waals surface area contributed by atoms with Crippen LogP contribution < -0.4 is 5.48 Å². The average Bonchev–Trinajstić information content (AvgIpc) is 2.91. The third-order valence-corrected chi connectivity index (χ3v) is 3.24. The molecule has 0 atom stereocenters. The highest BCUT2D eigenvalue weighted by molar-refractivity contribution is 5.93. The summed E-state index contributed by atoms with van der Waals surface area (Å²) >= 11 is 0. The van der Waals surface area contributed by atoms with Crippen molar-refractivity contribution in [2.75, 3.05) is 0 Å². The van der Waals surface area contributed by atoms with Gasteiger partial charge in [-0.1, -0.05) is 29.4 Å². The number of benzene rings is 1. The van der Waals surface area contributed by atoms with Crippen LogP contribution >= 0.6 is 0 Å². The van der Waals surface area contributed by atoms with Gasteiger partial charge in [0.05, 0.1) is 5.70 Å². The maximum Gasteiger partial charge on any atom is 0.256 e. The Morgan fingerprint density at radius 2 is 2.20 bits per heavy atom. The number of aromatic nitrogens is 2. The van der Waals surface area contributed by atoms with Gasteiger partial charge in [-0.05, 0) is 25.3 Å². The molecule has 0 spiro atoms. The number of hydrogen-bond acceptors (Lipinski definition) is 5. The molecule has 1 aromatic carbocycles. The van der Waals surface area contributed by atoms with E-state index in [-0.39, 0.29) is 0 Å². The zero-order valence-corrected chi connectivity index (χ0v) is 11.0. The number of nitrogens with zero attached hydrogens (tertiary/aromatic N) is 3. The van der Waals surface area contributed by atoms with E-state index in [1.807, 2.05) is 23.7 Å². The molecule has 0 unspecified atom stereocenters. The van der Waals surface area contributed by atoms with Crippen molar-refractivity contribution in [3.05, 3.63) is 47.1 Å². The third kappa shape index (κ3) is 2.21. The van der Waals surface area contributed by atoms with Crippen LogP contribution in [0.4, 0.5) is 0 Å². The highest BCUT2D eigenvalue weighted by Gasteiger charge is 2.22. The zero-order chi connectivity index (χ0) is 13.9. The number of nitrogens with one attached hydrogen (secondary N) is 1. The van der Waals surface area contributed by atoms with E-state index in [4.69, 9.17) is 9.73 Å². The van der Waals surface area contributed by atoms with Crippen molar-refractivity contribution < 1.29 is 9.73 Å². The van der Waals surface area contributed by atoms with Crippen LogP contribution in [-0.4, -0.2) is 21.7 Å². The van der Waals surface area contributed by atoms with Gasteiger partial charge in [-0.25, -0.2) is 4.99 Å². The number of hydroxylamine groups is 1.